The van der Waals surface area contributed by atoms with Gasteiger partial charge in [0.1, 0.15) is 5.82 Å². The van der Waals surface area contributed by atoms with E-state index in [9.17, 15) is 19.7 Å². The number of rotatable bonds is 4. The van der Waals surface area contributed by atoms with Crippen LogP contribution in [0.4, 0.5) is 5.69 Å². The summed E-state index contributed by atoms with van der Waals surface area (Å²) in [7, 11) is 1.70. The van der Waals surface area contributed by atoms with E-state index in [0.717, 1.165) is 0 Å². The predicted molar refractivity (Wildman–Crippen MR) is 121 cm³/mol. The van der Waals surface area contributed by atoms with Crippen molar-refractivity contribution in [2.75, 3.05) is 26.2 Å². The monoisotopic (exact) mass is 455 g/mol. The molecule has 0 radical (unpaired) electrons. The molecule has 1 saturated heterocycles. The van der Waals surface area contributed by atoms with Crippen molar-refractivity contribution in [3.63, 3.8) is 0 Å². The van der Waals surface area contributed by atoms with Crippen LogP contribution in [0.25, 0.3) is 10.9 Å². The molecule has 9 nitrogen and oxygen atoms in total. The second-order valence-electron chi connectivity index (χ2n) is 7.81. The van der Waals surface area contributed by atoms with Gasteiger partial charge in [-0.15, -0.1) is 0 Å². The SMILES string of the molecule is CC(c1nc2ccc(Cl)cc2c(=O)n1C)N1CCN(C(=O)c2cccc([N+](=O)[O-])c2)CC1. The zero-order valence-electron chi connectivity index (χ0n) is 17.7. The maximum absolute atomic E-state index is 12.8. The summed E-state index contributed by atoms with van der Waals surface area (Å²) in [4.78, 5) is 44.7. The molecule has 1 fully saturated rings. The highest BCUT2D eigenvalue weighted by molar-refractivity contribution is 6.31. The van der Waals surface area contributed by atoms with Crippen LogP contribution in [0.15, 0.2) is 47.3 Å². The molecule has 0 N–H and O–H groups in total. The van der Waals surface area contributed by atoms with Crippen LogP contribution in [-0.4, -0.2) is 56.4 Å². The standard InChI is InChI=1S/C22H22ClN5O4/c1-14(20-24-19-7-6-16(23)13-18(19)22(30)25(20)2)26-8-10-27(11-9-26)21(29)15-4-3-5-17(12-15)28(31)32/h3-7,12-14H,8-11H2,1-2H3. The number of carbonyl (C=O) groups excluding carboxylic acids is 1. The van der Waals surface area contributed by atoms with Crippen molar-refractivity contribution < 1.29 is 9.72 Å². The van der Waals surface area contributed by atoms with E-state index < -0.39 is 4.92 Å². The molecule has 10 heteroatoms. The fourth-order valence-corrected chi connectivity index (χ4v) is 4.22. The first kappa shape index (κ1) is 21.9. The molecule has 1 amide bonds. The fourth-order valence-electron chi connectivity index (χ4n) is 4.04. The minimum absolute atomic E-state index is 0.104. The maximum atomic E-state index is 12.8. The molecule has 3 aromatic rings. The van der Waals surface area contributed by atoms with Crippen molar-refractivity contribution in [2.45, 2.75) is 13.0 Å². The lowest BCUT2D eigenvalue weighted by Crippen LogP contribution is -2.49. The van der Waals surface area contributed by atoms with Gasteiger partial charge in [0, 0.05) is 55.9 Å². The van der Waals surface area contributed by atoms with E-state index in [1.807, 2.05) is 6.92 Å². The molecule has 0 spiro atoms. The number of fused-ring (bicyclic) bond motifs is 1. The summed E-state index contributed by atoms with van der Waals surface area (Å²) in [6.45, 7) is 4.13. The summed E-state index contributed by atoms with van der Waals surface area (Å²) >= 11 is 6.02. The average molecular weight is 456 g/mol. The van der Waals surface area contributed by atoms with Crippen LogP contribution >= 0.6 is 11.6 Å². The van der Waals surface area contributed by atoms with Crippen molar-refractivity contribution in [3.8, 4) is 0 Å². The molecule has 1 aromatic heterocycles. The molecule has 32 heavy (non-hydrogen) atoms. The highest BCUT2D eigenvalue weighted by Gasteiger charge is 2.28. The smallest absolute Gasteiger partial charge is 0.270 e. The summed E-state index contributed by atoms with van der Waals surface area (Å²) in [6.07, 6.45) is 0. The molecule has 1 atom stereocenters. The van der Waals surface area contributed by atoms with Gasteiger partial charge in [-0.2, -0.15) is 0 Å². The zero-order valence-corrected chi connectivity index (χ0v) is 18.5. The first-order chi connectivity index (χ1) is 15.3. The van der Waals surface area contributed by atoms with Gasteiger partial charge in [-0.05, 0) is 31.2 Å². The Bertz CT molecular complexity index is 1270. The van der Waals surface area contributed by atoms with Crippen molar-refractivity contribution in [3.05, 3.63) is 79.3 Å². The zero-order chi connectivity index (χ0) is 23.0. The first-order valence-corrected chi connectivity index (χ1v) is 10.6. The minimum atomic E-state index is -0.509. The van der Waals surface area contributed by atoms with E-state index in [1.165, 1.54) is 18.2 Å². The van der Waals surface area contributed by atoms with Gasteiger partial charge in [-0.25, -0.2) is 4.98 Å². The Morgan fingerprint density at radius 1 is 1.16 bits per heavy atom. The lowest BCUT2D eigenvalue weighted by molar-refractivity contribution is -0.384. The van der Waals surface area contributed by atoms with Crippen molar-refractivity contribution in [1.29, 1.82) is 0 Å². The molecule has 166 valence electrons. The van der Waals surface area contributed by atoms with Gasteiger partial charge in [-0.3, -0.25) is 29.2 Å². The van der Waals surface area contributed by atoms with Gasteiger partial charge < -0.3 is 4.90 Å². The summed E-state index contributed by atoms with van der Waals surface area (Å²) in [5.74, 6) is 0.414. The first-order valence-electron chi connectivity index (χ1n) is 10.2. The van der Waals surface area contributed by atoms with Gasteiger partial charge in [0.2, 0.25) is 0 Å². The molecule has 0 aliphatic carbocycles. The second kappa shape index (κ2) is 8.68. The fraction of sp³-hybridized carbons (Fsp3) is 0.318. The molecule has 2 aromatic carbocycles. The summed E-state index contributed by atoms with van der Waals surface area (Å²) in [5, 5.41) is 12.0. The highest BCUT2D eigenvalue weighted by atomic mass is 35.5. The van der Waals surface area contributed by atoms with E-state index in [-0.39, 0.29) is 23.2 Å². The number of piperazine rings is 1. The normalized spacial score (nSPS) is 15.7. The van der Waals surface area contributed by atoms with Crippen molar-refractivity contribution in [2.24, 2.45) is 7.05 Å². The number of non-ortho nitro benzene ring substituents is 1. The Kier molecular flexibility index (Phi) is 5.94. The summed E-state index contributed by atoms with van der Waals surface area (Å²) in [6, 6.07) is 10.7. The number of nitro benzene ring substituents is 1. The van der Waals surface area contributed by atoms with Gasteiger partial charge in [0.05, 0.1) is 21.9 Å². The van der Waals surface area contributed by atoms with E-state index in [1.54, 1.807) is 40.8 Å². The molecule has 2 heterocycles. The van der Waals surface area contributed by atoms with E-state index in [2.05, 4.69) is 4.90 Å². The molecule has 1 aliphatic rings. The van der Waals surface area contributed by atoms with Crippen LogP contribution in [0, 0.1) is 10.1 Å². The number of aromatic nitrogens is 2. The Balaban J connectivity index is 1.50. The van der Waals surface area contributed by atoms with E-state index in [0.29, 0.717) is 53.5 Å². The Hall–Kier alpha value is -3.30. The van der Waals surface area contributed by atoms with Crippen LogP contribution < -0.4 is 5.56 Å². The third kappa shape index (κ3) is 4.09. The summed E-state index contributed by atoms with van der Waals surface area (Å²) in [5.41, 5.74) is 0.642. The van der Waals surface area contributed by atoms with Gasteiger partial charge in [-0.1, -0.05) is 17.7 Å². The largest absolute Gasteiger partial charge is 0.336 e. The number of amides is 1. The lowest BCUT2D eigenvalue weighted by Gasteiger charge is -2.38. The van der Waals surface area contributed by atoms with E-state index in [4.69, 9.17) is 16.6 Å². The predicted octanol–water partition coefficient (Wildman–Crippen LogP) is 3.01. The molecule has 1 unspecified atom stereocenters. The lowest BCUT2D eigenvalue weighted by atomic mass is 10.1. The van der Waals surface area contributed by atoms with Crippen LogP contribution in [0.1, 0.15) is 29.1 Å². The minimum Gasteiger partial charge on any atom is -0.336 e. The molecule has 4 rings (SSSR count). The Morgan fingerprint density at radius 2 is 1.88 bits per heavy atom. The van der Waals surface area contributed by atoms with Crippen molar-refractivity contribution in [1.82, 2.24) is 19.4 Å². The number of halogens is 1. The number of nitro groups is 1. The quantitative estimate of drug-likeness (QED) is 0.442. The van der Waals surface area contributed by atoms with Gasteiger partial charge >= 0.3 is 0 Å². The number of hydrogen-bond donors (Lipinski definition) is 0. The number of benzene rings is 2. The Morgan fingerprint density at radius 3 is 2.56 bits per heavy atom. The van der Waals surface area contributed by atoms with Crippen LogP contribution in [0.2, 0.25) is 5.02 Å². The number of carbonyl (C=O) groups is 1. The summed E-state index contributed by atoms with van der Waals surface area (Å²) < 4.78 is 1.55. The van der Waals surface area contributed by atoms with Crippen molar-refractivity contribution >= 4 is 34.1 Å². The maximum Gasteiger partial charge on any atom is 0.270 e. The molecule has 0 bridgehead atoms. The molecule has 0 saturated carbocycles. The average Bonchev–Trinajstić information content (AvgIpc) is 2.81. The number of hydrogen-bond acceptors (Lipinski definition) is 6. The Labute approximate surface area is 189 Å². The highest BCUT2D eigenvalue weighted by Crippen LogP contribution is 2.23. The van der Waals surface area contributed by atoms with Crippen LogP contribution in [0.5, 0.6) is 0 Å². The van der Waals surface area contributed by atoms with Crippen LogP contribution in [-0.2, 0) is 7.05 Å². The molecular weight excluding hydrogens is 434 g/mol. The van der Waals surface area contributed by atoms with Crippen LogP contribution in [0.3, 0.4) is 0 Å². The molecule has 1 aliphatic heterocycles. The number of nitrogens with zero attached hydrogens (tertiary/aromatic N) is 5. The molecular formula is C22H22ClN5O4. The topological polar surface area (TPSA) is 102 Å². The second-order valence-corrected chi connectivity index (χ2v) is 8.24. The van der Waals surface area contributed by atoms with Gasteiger partial charge in [0.25, 0.3) is 17.2 Å². The van der Waals surface area contributed by atoms with Gasteiger partial charge in [0.15, 0.2) is 0 Å². The third-order valence-electron chi connectivity index (χ3n) is 5.90. The van der Waals surface area contributed by atoms with E-state index >= 15 is 0 Å². The third-order valence-corrected chi connectivity index (χ3v) is 6.13.